The van der Waals surface area contributed by atoms with Gasteiger partial charge in [0.25, 0.3) is 0 Å². The van der Waals surface area contributed by atoms with Crippen LogP contribution in [0.2, 0.25) is 0 Å². The highest BCUT2D eigenvalue weighted by atomic mass is 16.3. The SMILES string of the molecule is c1ccc(-c2cccc(-c3c4ccccc4c(-c4ccc5oc6ccc7oc8ccccc8c7c6c5c4)c4ccccc34)c2)cc1. The molecule has 2 heteroatoms. The predicted molar refractivity (Wildman–Crippen MR) is 192 cm³/mol. The largest absolute Gasteiger partial charge is 0.456 e. The van der Waals surface area contributed by atoms with Gasteiger partial charge in [-0.3, -0.25) is 0 Å². The number of hydrogen-bond donors (Lipinski definition) is 0. The molecule has 2 aromatic heterocycles. The zero-order valence-corrected chi connectivity index (χ0v) is 24.8. The van der Waals surface area contributed by atoms with Crippen LogP contribution in [0, 0.1) is 0 Å². The molecule has 46 heavy (non-hydrogen) atoms. The van der Waals surface area contributed by atoms with Gasteiger partial charge in [0.15, 0.2) is 0 Å². The zero-order valence-electron chi connectivity index (χ0n) is 24.8. The number of para-hydroxylation sites is 1. The third-order valence-electron chi connectivity index (χ3n) is 9.45. The molecule has 0 fully saturated rings. The van der Waals surface area contributed by atoms with Crippen LogP contribution in [0.1, 0.15) is 0 Å². The summed E-state index contributed by atoms with van der Waals surface area (Å²) in [5.74, 6) is 0. The van der Waals surface area contributed by atoms with E-state index in [9.17, 15) is 0 Å². The van der Waals surface area contributed by atoms with Crippen LogP contribution in [0.15, 0.2) is 167 Å². The second kappa shape index (κ2) is 9.69. The first-order valence-corrected chi connectivity index (χ1v) is 15.7. The zero-order chi connectivity index (χ0) is 30.2. The standard InChI is InChI=1S/C44H26O2/c1-2-11-27(12-3-1)28-13-10-14-29(25-28)41-31-15-4-6-17-33(31)42(34-18-7-5-16-32(34)41)30-21-22-38-36(26-30)44-40(46-38)24-23-39-43(44)35-19-8-9-20-37(35)45-39/h1-26H. The summed E-state index contributed by atoms with van der Waals surface area (Å²) in [6.45, 7) is 0. The first-order chi connectivity index (χ1) is 22.8. The molecule has 10 aromatic rings. The van der Waals surface area contributed by atoms with Crippen molar-refractivity contribution in [3.8, 4) is 33.4 Å². The van der Waals surface area contributed by atoms with Crippen molar-refractivity contribution in [1.29, 1.82) is 0 Å². The Morgan fingerprint density at radius 2 is 0.717 bits per heavy atom. The maximum Gasteiger partial charge on any atom is 0.136 e. The Bertz CT molecular complexity index is 2740. The van der Waals surface area contributed by atoms with Gasteiger partial charge in [-0.15, -0.1) is 0 Å². The Balaban J connectivity index is 1.27. The molecule has 0 saturated carbocycles. The molecule has 8 aromatic carbocycles. The summed E-state index contributed by atoms with van der Waals surface area (Å²) in [6.07, 6.45) is 0. The van der Waals surface area contributed by atoms with Gasteiger partial charge >= 0.3 is 0 Å². The summed E-state index contributed by atoms with van der Waals surface area (Å²) in [5.41, 5.74) is 10.8. The second-order valence-electron chi connectivity index (χ2n) is 12.0. The molecule has 0 aliphatic rings. The van der Waals surface area contributed by atoms with Gasteiger partial charge in [-0.05, 0) is 91.3 Å². The molecule has 0 bridgehead atoms. The lowest BCUT2D eigenvalue weighted by atomic mass is 9.85. The van der Waals surface area contributed by atoms with E-state index in [0.717, 1.165) is 49.4 Å². The quantitative estimate of drug-likeness (QED) is 0.193. The van der Waals surface area contributed by atoms with Crippen LogP contribution in [-0.4, -0.2) is 0 Å². The fourth-order valence-corrected chi connectivity index (χ4v) is 7.47. The summed E-state index contributed by atoms with van der Waals surface area (Å²) in [7, 11) is 0. The third kappa shape index (κ3) is 3.65. The number of rotatable bonds is 3. The smallest absolute Gasteiger partial charge is 0.136 e. The van der Waals surface area contributed by atoms with E-state index in [4.69, 9.17) is 8.83 Å². The molecular formula is C44H26O2. The molecule has 0 amide bonds. The van der Waals surface area contributed by atoms with E-state index in [2.05, 4.69) is 133 Å². The van der Waals surface area contributed by atoms with Gasteiger partial charge in [-0.2, -0.15) is 0 Å². The van der Waals surface area contributed by atoms with Gasteiger partial charge in [0.05, 0.1) is 0 Å². The number of hydrogen-bond acceptors (Lipinski definition) is 2. The van der Waals surface area contributed by atoms with Crippen molar-refractivity contribution in [3.63, 3.8) is 0 Å². The first-order valence-electron chi connectivity index (χ1n) is 15.7. The lowest BCUT2D eigenvalue weighted by Gasteiger charge is -2.18. The molecule has 0 atom stereocenters. The molecule has 0 spiro atoms. The highest BCUT2D eigenvalue weighted by Gasteiger charge is 2.20. The van der Waals surface area contributed by atoms with Crippen LogP contribution in [0.3, 0.4) is 0 Å². The van der Waals surface area contributed by atoms with Crippen LogP contribution in [0.4, 0.5) is 0 Å². The van der Waals surface area contributed by atoms with E-state index < -0.39 is 0 Å². The van der Waals surface area contributed by atoms with Gasteiger partial charge in [-0.25, -0.2) is 0 Å². The van der Waals surface area contributed by atoms with Crippen LogP contribution in [0.5, 0.6) is 0 Å². The number of furan rings is 2. The van der Waals surface area contributed by atoms with Gasteiger partial charge in [0, 0.05) is 21.5 Å². The van der Waals surface area contributed by atoms with Crippen molar-refractivity contribution in [2.75, 3.05) is 0 Å². The molecule has 2 heterocycles. The maximum atomic E-state index is 6.43. The van der Waals surface area contributed by atoms with E-state index in [1.54, 1.807) is 0 Å². The van der Waals surface area contributed by atoms with Crippen molar-refractivity contribution in [1.82, 2.24) is 0 Å². The van der Waals surface area contributed by atoms with E-state index >= 15 is 0 Å². The highest BCUT2D eigenvalue weighted by molar-refractivity contribution is 6.27. The Morgan fingerprint density at radius 1 is 0.261 bits per heavy atom. The molecule has 214 valence electrons. The summed E-state index contributed by atoms with van der Waals surface area (Å²) in [5, 5.41) is 9.34. The fourth-order valence-electron chi connectivity index (χ4n) is 7.47. The summed E-state index contributed by atoms with van der Waals surface area (Å²) in [4.78, 5) is 0. The van der Waals surface area contributed by atoms with Crippen molar-refractivity contribution >= 4 is 65.4 Å². The van der Waals surface area contributed by atoms with E-state index in [1.807, 2.05) is 24.3 Å². The first kappa shape index (κ1) is 25.2. The average Bonchev–Trinajstić information content (AvgIpc) is 3.68. The Hall–Kier alpha value is -6.12. The van der Waals surface area contributed by atoms with Crippen molar-refractivity contribution in [2.45, 2.75) is 0 Å². The van der Waals surface area contributed by atoms with Crippen molar-refractivity contribution in [2.24, 2.45) is 0 Å². The lowest BCUT2D eigenvalue weighted by molar-refractivity contribution is 0.663. The predicted octanol–water partition coefficient (Wildman–Crippen LogP) is 12.8. The Morgan fingerprint density at radius 3 is 1.37 bits per heavy atom. The van der Waals surface area contributed by atoms with Gasteiger partial charge in [0.1, 0.15) is 22.3 Å². The topological polar surface area (TPSA) is 26.3 Å². The second-order valence-corrected chi connectivity index (χ2v) is 12.0. The minimum Gasteiger partial charge on any atom is -0.456 e. The summed E-state index contributed by atoms with van der Waals surface area (Å²) >= 11 is 0. The fraction of sp³-hybridized carbons (Fsp3) is 0. The molecule has 0 unspecified atom stereocenters. The lowest BCUT2D eigenvalue weighted by Crippen LogP contribution is -1.91. The van der Waals surface area contributed by atoms with Crippen molar-refractivity contribution < 1.29 is 8.83 Å². The molecule has 0 radical (unpaired) electrons. The number of fused-ring (bicyclic) bond motifs is 9. The Kier molecular flexibility index (Phi) is 5.31. The van der Waals surface area contributed by atoms with Gasteiger partial charge < -0.3 is 8.83 Å². The van der Waals surface area contributed by atoms with E-state index in [1.165, 1.54) is 49.4 Å². The van der Waals surface area contributed by atoms with E-state index in [0.29, 0.717) is 0 Å². The van der Waals surface area contributed by atoms with Gasteiger partial charge in [0.2, 0.25) is 0 Å². The van der Waals surface area contributed by atoms with Crippen LogP contribution >= 0.6 is 0 Å². The molecule has 2 nitrogen and oxygen atoms in total. The molecule has 0 saturated heterocycles. The van der Waals surface area contributed by atoms with Crippen LogP contribution in [-0.2, 0) is 0 Å². The monoisotopic (exact) mass is 586 g/mol. The Labute approximate surface area is 264 Å². The minimum absolute atomic E-state index is 0.870. The molecule has 0 N–H and O–H groups in total. The molecule has 0 aliphatic heterocycles. The van der Waals surface area contributed by atoms with Crippen LogP contribution < -0.4 is 0 Å². The average molecular weight is 587 g/mol. The normalized spacial score (nSPS) is 11.9. The minimum atomic E-state index is 0.870. The molecule has 10 rings (SSSR count). The molecule has 0 aliphatic carbocycles. The maximum absolute atomic E-state index is 6.43. The number of benzene rings is 8. The van der Waals surface area contributed by atoms with Crippen LogP contribution in [0.25, 0.3) is 98.8 Å². The molecular weight excluding hydrogens is 560 g/mol. The highest BCUT2D eigenvalue weighted by Crippen LogP contribution is 2.46. The van der Waals surface area contributed by atoms with E-state index in [-0.39, 0.29) is 0 Å². The van der Waals surface area contributed by atoms with Gasteiger partial charge in [-0.1, -0.05) is 121 Å². The summed E-state index contributed by atoms with van der Waals surface area (Å²) in [6, 6.07) is 56.2. The third-order valence-corrected chi connectivity index (χ3v) is 9.45. The summed E-state index contributed by atoms with van der Waals surface area (Å²) < 4.78 is 12.7. The van der Waals surface area contributed by atoms with Crippen molar-refractivity contribution in [3.05, 3.63) is 158 Å².